The minimum atomic E-state index is -0.220. The van der Waals surface area contributed by atoms with Crippen molar-refractivity contribution in [3.8, 4) is 11.5 Å². The lowest BCUT2D eigenvalue weighted by molar-refractivity contribution is -0.115. The summed E-state index contributed by atoms with van der Waals surface area (Å²) in [5.74, 6) is 0.971. The Morgan fingerprint density at radius 2 is 1.73 bits per heavy atom. The zero-order valence-electron chi connectivity index (χ0n) is 17.7. The van der Waals surface area contributed by atoms with Gasteiger partial charge in [0.15, 0.2) is 16.7 Å². The van der Waals surface area contributed by atoms with Crippen LogP contribution in [0.4, 0.5) is 5.69 Å². The number of carbonyl (C=O) groups excluding carboxylic acids is 1. The van der Waals surface area contributed by atoms with Gasteiger partial charge in [0.25, 0.3) is 5.91 Å². The van der Waals surface area contributed by atoms with Crippen molar-refractivity contribution in [1.82, 2.24) is 5.32 Å². The van der Waals surface area contributed by atoms with Gasteiger partial charge in [0.05, 0.1) is 22.2 Å². The average molecular weight is 499 g/mol. The van der Waals surface area contributed by atoms with Gasteiger partial charge in [-0.15, -0.1) is 0 Å². The first-order valence-electron chi connectivity index (χ1n) is 10.2. The third-order valence-electron chi connectivity index (χ3n) is 4.63. The molecule has 1 heterocycles. The molecule has 0 aliphatic carbocycles. The first kappa shape index (κ1) is 23.2. The highest BCUT2D eigenvalue weighted by atomic mass is 35.5. The van der Waals surface area contributed by atoms with Crippen molar-refractivity contribution in [3.63, 3.8) is 0 Å². The molecular weight excluding hydrogens is 479 g/mol. The second-order valence-electron chi connectivity index (χ2n) is 6.95. The van der Waals surface area contributed by atoms with Crippen LogP contribution in [0.2, 0.25) is 10.0 Å². The number of nitrogens with one attached hydrogen (secondary N) is 1. The fourth-order valence-corrected chi connectivity index (χ4v) is 4.26. The van der Waals surface area contributed by atoms with E-state index in [1.54, 1.807) is 18.2 Å². The third kappa shape index (κ3) is 5.90. The van der Waals surface area contributed by atoms with Crippen molar-refractivity contribution in [3.05, 3.63) is 92.8 Å². The molecule has 0 aromatic heterocycles. The predicted octanol–water partition coefficient (Wildman–Crippen LogP) is 6.86. The van der Waals surface area contributed by atoms with Crippen LogP contribution in [0, 0.1) is 0 Å². The summed E-state index contributed by atoms with van der Waals surface area (Å²) in [4.78, 5) is 17.4. The van der Waals surface area contributed by atoms with Crippen LogP contribution in [0.3, 0.4) is 0 Å². The molecule has 3 aromatic carbocycles. The number of amides is 1. The van der Waals surface area contributed by atoms with E-state index in [-0.39, 0.29) is 5.91 Å². The Morgan fingerprint density at radius 3 is 2.48 bits per heavy atom. The topological polar surface area (TPSA) is 59.9 Å². The number of amidine groups is 1. The standard InChI is InChI=1S/C25H20Cl2N2O3S/c1-2-31-22-13-16(11-12-21(22)32-15-17-7-3-4-8-18(17)26)14-23-24(30)29-25(33-23)28-20-10-6-5-9-19(20)27/h3-14H,2,15H2,1H3,(H,28,29,30)/b23-14+. The van der Waals surface area contributed by atoms with Gasteiger partial charge >= 0.3 is 0 Å². The van der Waals surface area contributed by atoms with Crippen molar-refractivity contribution in [1.29, 1.82) is 0 Å². The largest absolute Gasteiger partial charge is 0.490 e. The van der Waals surface area contributed by atoms with Gasteiger partial charge in [0, 0.05) is 10.6 Å². The molecule has 1 N–H and O–H groups in total. The summed E-state index contributed by atoms with van der Waals surface area (Å²) < 4.78 is 11.7. The lowest BCUT2D eigenvalue weighted by atomic mass is 10.2. The highest BCUT2D eigenvalue weighted by molar-refractivity contribution is 8.18. The Morgan fingerprint density at radius 1 is 0.970 bits per heavy atom. The molecule has 0 bridgehead atoms. The molecule has 1 saturated heterocycles. The summed E-state index contributed by atoms with van der Waals surface area (Å²) in [7, 11) is 0. The molecule has 0 saturated carbocycles. The van der Waals surface area contributed by atoms with Crippen molar-refractivity contribution < 1.29 is 14.3 Å². The Kier molecular flexibility index (Phi) is 7.60. The number of benzene rings is 3. The van der Waals surface area contributed by atoms with Gasteiger partial charge in [-0.3, -0.25) is 4.79 Å². The van der Waals surface area contributed by atoms with Gasteiger partial charge in [0.2, 0.25) is 0 Å². The molecular formula is C25H20Cl2N2O3S. The molecule has 8 heteroatoms. The number of para-hydroxylation sites is 1. The van der Waals surface area contributed by atoms with Crippen LogP contribution in [0.15, 0.2) is 76.6 Å². The van der Waals surface area contributed by atoms with Gasteiger partial charge in [0.1, 0.15) is 6.61 Å². The number of ether oxygens (including phenoxy) is 2. The van der Waals surface area contributed by atoms with Gasteiger partial charge in [-0.25, -0.2) is 4.99 Å². The highest BCUT2D eigenvalue weighted by Crippen LogP contribution is 2.34. The van der Waals surface area contributed by atoms with E-state index in [4.69, 9.17) is 32.7 Å². The monoisotopic (exact) mass is 498 g/mol. The highest BCUT2D eigenvalue weighted by Gasteiger charge is 2.24. The van der Waals surface area contributed by atoms with E-state index in [9.17, 15) is 4.79 Å². The van der Waals surface area contributed by atoms with E-state index >= 15 is 0 Å². The molecule has 5 nitrogen and oxygen atoms in total. The van der Waals surface area contributed by atoms with Crippen molar-refractivity contribution in [2.45, 2.75) is 13.5 Å². The SMILES string of the molecule is CCOc1cc(/C=C2/SC(=Nc3ccccc3Cl)NC2=O)ccc1OCc1ccccc1Cl. The summed E-state index contributed by atoms with van der Waals surface area (Å²) >= 11 is 13.6. The molecule has 1 aliphatic rings. The molecule has 0 unspecified atom stereocenters. The van der Waals surface area contributed by atoms with E-state index in [2.05, 4.69) is 10.3 Å². The fraction of sp³-hybridized carbons (Fsp3) is 0.120. The zero-order chi connectivity index (χ0) is 23.2. The Labute approximate surface area is 206 Å². The van der Waals surface area contributed by atoms with Crippen LogP contribution in [0.5, 0.6) is 11.5 Å². The Balaban J connectivity index is 1.53. The van der Waals surface area contributed by atoms with E-state index in [0.717, 1.165) is 11.1 Å². The minimum Gasteiger partial charge on any atom is -0.490 e. The van der Waals surface area contributed by atoms with Crippen LogP contribution in [-0.4, -0.2) is 17.7 Å². The van der Waals surface area contributed by atoms with E-state index in [1.165, 1.54) is 11.8 Å². The fourth-order valence-electron chi connectivity index (χ4n) is 3.06. The first-order chi connectivity index (χ1) is 16.0. The van der Waals surface area contributed by atoms with Crippen LogP contribution in [0.25, 0.3) is 6.08 Å². The van der Waals surface area contributed by atoms with E-state index < -0.39 is 0 Å². The zero-order valence-corrected chi connectivity index (χ0v) is 20.0. The molecule has 0 radical (unpaired) electrons. The number of nitrogens with zero attached hydrogens (tertiary/aromatic N) is 1. The van der Waals surface area contributed by atoms with Gasteiger partial charge in [-0.1, -0.05) is 59.6 Å². The molecule has 33 heavy (non-hydrogen) atoms. The molecule has 0 atom stereocenters. The summed E-state index contributed by atoms with van der Waals surface area (Å²) in [6, 6.07) is 20.3. The number of rotatable bonds is 7. The number of aliphatic imine (C=N–C) groups is 1. The number of hydrogen-bond acceptors (Lipinski definition) is 5. The Hall–Kier alpha value is -2.93. The quantitative estimate of drug-likeness (QED) is 0.361. The smallest absolute Gasteiger partial charge is 0.264 e. The second kappa shape index (κ2) is 10.8. The first-order valence-corrected chi connectivity index (χ1v) is 11.8. The molecule has 1 fully saturated rings. The van der Waals surface area contributed by atoms with Crippen LogP contribution in [0.1, 0.15) is 18.1 Å². The second-order valence-corrected chi connectivity index (χ2v) is 8.80. The van der Waals surface area contributed by atoms with Gasteiger partial charge < -0.3 is 14.8 Å². The Bertz CT molecular complexity index is 1240. The van der Waals surface area contributed by atoms with E-state index in [0.29, 0.717) is 50.5 Å². The number of carbonyl (C=O) groups is 1. The average Bonchev–Trinajstić information content (AvgIpc) is 3.14. The number of hydrogen-bond donors (Lipinski definition) is 1. The lowest BCUT2D eigenvalue weighted by Crippen LogP contribution is -2.19. The third-order valence-corrected chi connectivity index (χ3v) is 6.23. The molecule has 1 aliphatic heterocycles. The maximum Gasteiger partial charge on any atom is 0.264 e. The minimum absolute atomic E-state index is 0.220. The molecule has 1 amide bonds. The molecule has 4 rings (SSSR count). The maximum atomic E-state index is 12.5. The van der Waals surface area contributed by atoms with Crippen LogP contribution < -0.4 is 14.8 Å². The molecule has 0 spiro atoms. The summed E-state index contributed by atoms with van der Waals surface area (Å²) in [5, 5.41) is 4.42. The van der Waals surface area contributed by atoms with Crippen molar-refractivity contribution >= 4 is 57.8 Å². The molecule has 3 aromatic rings. The van der Waals surface area contributed by atoms with E-state index in [1.807, 2.05) is 61.5 Å². The van der Waals surface area contributed by atoms with Gasteiger partial charge in [-0.05, 0) is 60.7 Å². The number of thioether (sulfide) groups is 1. The van der Waals surface area contributed by atoms with Crippen molar-refractivity contribution in [2.24, 2.45) is 4.99 Å². The maximum absolute atomic E-state index is 12.5. The summed E-state index contributed by atoms with van der Waals surface area (Å²) in [5.41, 5.74) is 2.29. The lowest BCUT2D eigenvalue weighted by Gasteiger charge is -2.13. The van der Waals surface area contributed by atoms with Crippen LogP contribution in [-0.2, 0) is 11.4 Å². The van der Waals surface area contributed by atoms with Crippen molar-refractivity contribution in [2.75, 3.05) is 6.61 Å². The molecule has 168 valence electrons. The predicted molar refractivity (Wildman–Crippen MR) is 136 cm³/mol. The summed E-state index contributed by atoms with van der Waals surface area (Å²) in [6.45, 7) is 2.70. The van der Waals surface area contributed by atoms with Gasteiger partial charge in [-0.2, -0.15) is 0 Å². The number of halogens is 2. The van der Waals surface area contributed by atoms with Crippen LogP contribution >= 0.6 is 35.0 Å². The normalized spacial score (nSPS) is 15.7. The summed E-state index contributed by atoms with van der Waals surface area (Å²) in [6.07, 6.45) is 1.79.